The molecule has 1 saturated heterocycles. The van der Waals surface area contributed by atoms with Crippen molar-refractivity contribution < 1.29 is 9.53 Å². The minimum absolute atomic E-state index is 0.0859. The van der Waals surface area contributed by atoms with Gasteiger partial charge in [0.25, 0.3) is 0 Å². The maximum Gasteiger partial charge on any atom is 0.237 e. The van der Waals surface area contributed by atoms with Crippen LogP contribution >= 0.6 is 11.6 Å². The van der Waals surface area contributed by atoms with Crippen LogP contribution in [0.25, 0.3) is 0 Å². The van der Waals surface area contributed by atoms with Gasteiger partial charge in [-0.05, 0) is 31.9 Å². The molecule has 0 aromatic heterocycles. The minimum atomic E-state index is -0.0920. The van der Waals surface area contributed by atoms with Crippen molar-refractivity contribution >= 4 is 17.5 Å². The van der Waals surface area contributed by atoms with Crippen LogP contribution in [0.2, 0.25) is 5.02 Å². The summed E-state index contributed by atoms with van der Waals surface area (Å²) in [5, 5.41) is 7.28. The highest BCUT2D eigenvalue weighted by Crippen LogP contribution is 2.22. The van der Waals surface area contributed by atoms with Gasteiger partial charge in [-0.25, -0.2) is 0 Å². The number of nitrogens with zero attached hydrogens (tertiary/aromatic N) is 1. The number of halogens is 1. The maximum atomic E-state index is 12.5. The van der Waals surface area contributed by atoms with Gasteiger partial charge < -0.3 is 15.4 Å². The molecule has 0 radical (unpaired) electrons. The Morgan fingerprint density at radius 2 is 2.17 bits per heavy atom. The summed E-state index contributed by atoms with van der Waals surface area (Å²) in [4.78, 5) is 14.7. The average molecular weight is 354 g/mol. The molecule has 1 aromatic carbocycles. The van der Waals surface area contributed by atoms with Crippen LogP contribution in [0.4, 0.5) is 0 Å². The van der Waals surface area contributed by atoms with Gasteiger partial charge in [0.2, 0.25) is 5.91 Å². The van der Waals surface area contributed by atoms with Crippen LogP contribution in [-0.4, -0.2) is 55.7 Å². The summed E-state index contributed by atoms with van der Waals surface area (Å²) in [5.41, 5.74) is 1.09. The lowest BCUT2D eigenvalue weighted by Gasteiger charge is -2.27. The van der Waals surface area contributed by atoms with Crippen LogP contribution in [0.5, 0.6) is 0 Å². The van der Waals surface area contributed by atoms with Gasteiger partial charge in [-0.3, -0.25) is 9.69 Å². The second-order valence-corrected chi connectivity index (χ2v) is 6.90. The highest BCUT2D eigenvalue weighted by Gasteiger charge is 2.37. The third-order valence-electron chi connectivity index (χ3n) is 4.45. The molecule has 2 atom stereocenters. The van der Waals surface area contributed by atoms with E-state index in [9.17, 15) is 4.79 Å². The van der Waals surface area contributed by atoms with Crippen molar-refractivity contribution in [2.45, 2.75) is 44.9 Å². The number of carbonyl (C=O) groups is 1. The quantitative estimate of drug-likeness (QED) is 0.702. The zero-order chi connectivity index (χ0) is 17.5. The minimum Gasteiger partial charge on any atom is -0.383 e. The second kappa shape index (κ2) is 9.37. The Hall–Kier alpha value is -1.14. The number of hydrogen-bond acceptors (Lipinski definition) is 4. The third-order valence-corrected chi connectivity index (χ3v) is 4.82. The first-order chi connectivity index (χ1) is 11.5. The van der Waals surface area contributed by atoms with E-state index in [4.69, 9.17) is 16.3 Å². The maximum absolute atomic E-state index is 12.5. The Kier molecular flexibility index (Phi) is 7.49. The largest absolute Gasteiger partial charge is 0.383 e. The first kappa shape index (κ1) is 19.2. The fourth-order valence-electron chi connectivity index (χ4n) is 3.13. The summed E-state index contributed by atoms with van der Waals surface area (Å²) < 4.78 is 5.00. The lowest BCUT2D eigenvalue weighted by molar-refractivity contribution is -0.126. The summed E-state index contributed by atoms with van der Waals surface area (Å²) in [6.07, 6.45) is 0.807. The Morgan fingerprint density at radius 1 is 1.42 bits per heavy atom. The summed E-state index contributed by atoms with van der Waals surface area (Å²) in [5.74, 6) is 0.0859. The number of likely N-dealkylation sites (tertiary alicyclic amines) is 1. The van der Waals surface area contributed by atoms with E-state index in [0.29, 0.717) is 25.7 Å². The molecule has 1 fully saturated rings. The summed E-state index contributed by atoms with van der Waals surface area (Å²) >= 11 is 6.21. The molecule has 6 heteroatoms. The zero-order valence-corrected chi connectivity index (χ0v) is 15.5. The Morgan fingerprint density at radius 3 is 2.83 bits per heavy atom. The fraction of sp³-hybridized carbons (Fsp3) is 0.611. The van der Waals surface area contributed by atoms with Crippen molar-refractivity contribution in [3.8, 4) is 0 Å². The third kappa shape index (κ3) is 5.18. The highest BCUT2D eigenvalue weighted by atomic mass is 35.5. The number of hydrogen-bond donors (Lipinski definition) is 2. The van der Waals surface area contributed by atoms with Gasteiger partial charge in [0, 0.05) is 43.9 Å². The van der Waals surface area contributed by atoms with Crippen LogP contribution in [0, 0.1) is 0 Å². The molecule has 1 heterocycles. The number of rotatable bonds is 8. The van der Waals surface area contributed by atoms with Gasteiger partial charge in [0.15, 0.2) is 0 Å². The Labute approximate surface area is 149 Å². The molecule has 0 bridgehead atoms. The van der Waals surface area contributed by atoms with Gasteiger partial charge in [-0.2, -0.15) is 0 Å². The van der Waals surface area contributed by atoms with E-state index in [0.717, 1.165) is 23.6 Å². The number of carbonyl (C=O) groups excluding carboxylic acids is 1. The van der Waals surface area contributed by atoms with Gasteiger partial charge in [-0.15, -0.1) is 0 Å². The molecule has 1 aromatic rings. The molecular weight excluding hydrogens is 326 g/mol. The predicted octanol–water partition coefficient (Wildman–Crippen LogP) is 2.04. The molecule has 0 saturated carbocycles. The molecule has 2 N–H and O–H groups in total. The molecular formula is C18H28ClN3O2. The van der Waals surface area contributed by atoms with Crippen LogP contribution in [0.3, 0.4) is 0 Å². The molecule has 2 rings (SSSR count). The molecule has 1 aliphatic rings. The second-order valence-electron chi connectivity index (χ2n) is 6.50. The summed E-state index contributed by atoms with van der Waals surface area (Å²) in [6.45, 7) is 6.93. The van der Waals surface area contributed by atoms with Crippen molar-refractivity contribution in [2.75, 3.05) is 26.8 Å². The SMILES string of the molecule is COCCNC(=O)[C@@H]1C[C@@H](NCc2ccccc2Cl)CN1C(C)C. The monoisotopic (exact) mass is 353 g/mol. The van der Waals surface area contributed by atoms with Crippen molar-refractivity contribution in [1.82, 2.24) is 15.5 Å². The lowest BCUT2D eigenvalue weighted by Crippen LogP contribution is -2.46. The van der Waals surface area contributed by atoms with E-state index in [1.807, 2.05) is 24.3 Å². The molecule has 5 nitrogen and oxygen atoms in total. The molecule has 1 amide bonds. The number of benzene rings is 1. The molecule has 0 aliphatic carbocycles. The summed E-state index contributed by atoms with van der Waals surface area (Å²) in [6, 6.07) is 8.37. The number of amides is 1. The van der Waals surface area contributed by atoms with E-state index >= 15 is 0 Å². The van der Waals surface area contributed by atoms with Crippen LogP contribution in [0.15, 0.2) is 24.3 Å². The van der Waals surface area contributed by atoms with E-state index in [1.165, 1.54) is 0 Å². The van der Waals surface area contributed by atoms with Crippen molar-refractivity contribution in [2.24, 2.45) is 0 Å². The van der Waals surface area contributed by atoms with E-state index in [1.54, 1.807) is 7.11 Å². The molecule has 1 aliphatic heterocycles. The molecule has 134 valence electrons. The average Bonchev–Trinajstić information content (AvgIpc) is 2.99. The Bertz CT molecular complexity index is 539. The van der Waals surface area contributed by atoms with E-state index < -0.39 is 0 Å². The highest BCUT2D eigenvalue weighted by molar-refractivity contribution is 6.31. The molecule has 0 spiro atoms. The van der Waals surface area contributed by atoms with Crippen molar-refractivity contribution in [3.63, 3.8) is 0 Å². The number of ether oxygens (including phenoxy) is 1. The normalized spacial score (nSPS) is 21.4. The Balaban J connectivity index is 1.91. The zero-order valence-electron chi connectivity index (χ0n) is 14.7. The van der Waals surface area contributed by atoms with Crippen LogP contribution < -0.4 is 10.6 Å². The predicted molar refractivity (Wildman–Crippen MR) is 97.2 cm³/mol. The first-order valence-electron chi connectivity index (χ1n) is 8.52. The summed E-state index contributed by atoms with van der Waals surface area (Å²) in [7, 11) is 1.64. The van der Waals surface area contributed by atoms with E-state index in [2.05, 4.69) is 29.4 Å². The van der Waals surface area contributed by atoms with Gasteiger partial charge in [0.05, 0.1) is 12.6 Å². The first-order valence-corrected chi connectivity index (χ1v) is 8.90. The molecule has 0 unspecified atom stereocenters. The van der Waals surface area contributed by atoms with Crippen LogP contribution in [-0.2, 0) is 16.1 Å². The standard InChI is InChI=1S/C18H28ClN3O2/c1-13(2)22-12-15(10-17(22)18(23)20-8-9-24-3)21-11-14-6-4-5-7-16(14)19/h4-7,13,15,17,21H,8-12H2,1-3H3,(H,20,23)/t15-,17+/m1/s1. The number of methoxy groups -OCH3 is 1. The smallest absolute Gasteiger partial charge is 0.237 e. The van der Waals surface area contributed by atoms with Gasteiger partial charge in [0.1, 0.15) is 0 Å². The van der Waals surface area contributed by atoms with Gasteiger partial charge >= 0.3 is 0 Å². The molecule has 24 heavy (non-hydrogen) atoms. The lowest BCUT2D eigenvalue weighted by atomic mass is 10.1. The number of nitrogens with one attached hydrogen (secondary N) is 2. The van der Waals surface area contributed by atoms with Crippen molar-refractivity contribution in [3.05, 3.63) is 34.9 Å². The van der Waals surface area contributed by atoms with Crippen LogP contribution in [0.1, 0.15) is 25.8 Å². The fourth-order valence-corrected chi connectivity index (χ4v) is 3.33. The van der Waals surface area contributed by atoms with Gasteiger partial charge in [-0.1, -0.05) is 29.8 Å². The van der Waals surface area contributed by atoms with Crippen molar-refractivity contribution in [1.29, 1.82) is 0 Å². The van der Waals surface area contributed by atoms with E-state index in [-0.39, 0.29) is 18.0 Å². The topological polar surface area (TPSA) is 53.6 Å².